The van der Waals surface area contributed by atoms with Gasteiger partial charge in [0.1, 0.15) is 6.10 Å². The smallest absolute Gasteiger partial charge is 0.332 e. The molecule has 0 aromatic rings. The van der Waals surface area contributed by atoms with Crippen molar-refractivity contribution in [2.75, 3.05) is 12.4 Å². The molecule has 80 valence electrons. The van der Waals surface area contributed by atoms with Crippen LogP contribution in [0.25, 0.3) is 0 Å². The number of carboxylic acids is 1. The van der Waals surface area contributed by atoms with E-state index in [-0.39, 0.29) is 0 Å². The Bertz CT molecular complexity index is 229. The Morgan fingerprint density at radius 1 is 1.46 bits per heavy atom. The Labute approximate surface area is 75.4 Å². The minimum atomic E-state index is -3.92. The summed E-state index contributed by atoms with van der Waals surface area (Å²) >= 11 is 0. The van der Waals surface area contributed by atoms with E-state index in [0.29, 0.717) is 0 Å². The maximum absolute atomic E-state index is 9.63. The fraction of sp³-hybridized carbons (Fsp3) is 0.800. The van der Waals surface area contributed by atoms with Gasteiger partial charge in [-0.1, -0.05) is 0 Å². The molecule has 13 heavy (non-hydrogen) atoms. The SMILES string of the molecule is CC(O)C(=O)O.O=S(=O)(O)CCO. The molecule has 0 fully saturated rings. The van der Waals surface area contributed by atoms with E-state index in [1.165, 1.54) is 6.92 Å². The summed E-state index contributed by atoms with van der Waals surface area (Å²) in [5.41, 5.74) is 0. The Balaban J connectivity index is 0. The summed E-state index contributed by atoms with van der Waals surface area (Å²) in [6.07, 6.45) is -1.23. The average Bonchev–Trinajstić information content (AvgIpc) is 1.85. The first-order chi connectivity index (χ1) is 5.70. The summed E-state index contributed by atoms with van der Waals surface area (Å²) in [5, 5.41) is 23.6. The zero-order valence-corrected chi connectivity index (χ0v) is 7.73. The Morgan fingerprint density at radius 3 is 1.77 bits per heavy atom. The minimum Gasteiger partial charge on any atom is -0.479 e. The summed E-state index contributed by atoms with van der Waals surface area (Å²) in [4.78, 5) is 9.45. The number of hydrogen-bond acceptors (Lipinski definition) is 5. The number of aliphatic hydroxyl groups excluding tert-OH is 2. The van der Waals surface area contributed by atoms with E-state index in [2.05, 4.69) is 0 Å². The van der Waals surface area contributed by atoms with Gasteiger partial charge in [-0.25, -0.2) is 4.79 Å². The van der Waals surface area contributed by atoms with Crippen LogP contribution in [0.15, 0.2) is 0 Å². The highest BCUT2D eigenvalue weighted by atomic mass is 32.2. The zero-order valence-electron chi connectivity index (χ0n) is 6.91. The minimum absolute atomic E-state index is 0.529. The number of rotatable bonds is 3. The van der Waals surface area contributed by atoms with Gasteiger partial charge in [-0.2, -0.15) is 8.42 Å². The lowest BCUT2D eigenvalue weighted by atomic mass is 10.4. The highest BCUT2D eigenvalue weighted by Crippen LogP contribution is 1.76. The molecule has 0 rings (SSSR count). The highest BCUT2D eigenvalue weighted by Gasteiger charge is 2.01. The number of aliphatic carboxylic acids is 1. The van der Waals surface area contributed by atoms with Gasteiger partial charge < -0.3 is 15.3 Å². The lowest BCUT2D eigenvalue weighted by Crippen LogP contribution is -2.13. The van der Waals surface area contributed by atoms with Crippen LogP contribution in [0.4, 0.5) is 0 Å². The molecular weight excluding hydrogens is 204 g/mol. The van der Waals surface area contributed by atoms with E-state index < -0.39 is 34.6 Å². The zero-order chi connectivity index (χ0) is 11.1. The van der Waals surface area contributed by atoms with E-state index >= 15 is 0 Å². The van der Waals surface area contributed by atoms with Gasteiger partial charge in [0.05, 0.1) is 12.4 Å². The van der Waals surface area contributed by atoms with Crippen LogP contribution in [-0.4, -0.2) is 52.7 Å². The van der Waals surface area contributed by atoms with Gasteiger partial charge in [0.2, 0.25) is 0 Å². The monoisotopic (exact) mass is 216 g/mol. The van der Waals surface area contributed by atoms with E-state index in [1.54, 1.807) is 0 Å². The molecule has 0 aliphatic rings. The largest absolute Gasteiger partial charge is 0.479 e. The van der Waals surface area contributed by atoms with Crippen LogP contribution in [0.5, 0.6) is 0 Å². The van der Waals surface area contributed by atoms with Crippen molar-refractivity contribution in [3.8, 4) is 0 Å². The van der Waals surface area contributed by atoms with Gasteiger partial charge >= 0.3 is 5.97 Å². The molecule has 0 saturated carbocycles. The fourth-order valence-corrected chi connectivity index (χ4v) is 0.346. The van der Waals surface area contributed by atoms with Crippen molar-refractivity contribution in [1.29, 1.82) is 0 Å². The molecule has 8 heteroatoms. The van der Waals surface area contributed by atoms with Gasteiger partial charge in [0.15, 0.2) is 0 Å². The number of carboxylic acid groups (broad SMARTS) is 1. The number of aliphatic hydroxyl groups is 2. The third kappa shape index (κ3) is 18.3. The lowest BCUT2D eigenvalue weighted by molar-refractivity contribution is -0.145. The molecule has 0 aromatic carbocycles. The van der Waals surface area contributed by atoms with Gasteiger partial charge in [0, 0.05) is 0 Å². The van der Waals surface area contributed by atoms with Crippen LogP contribution >= 0.6 is 0 Å². The van der Waals surface area contributed by atoms with Gasteiger partial charge in [-0.3, -0.25) is 4.55 Å². The fourth-order valence-electron chi connectivity index (χ4n) is 0.115. The lowest BCUT2D eigenvalue weighted by Gasteiger charge is -1.89. The van der Waals surface area contributed by atoms with Crippen molar-refractivity contribution in [2.45, 2.75) is 13.0 Å². The van der Waals surface area contributed by atoms with E-state index in [9.17, 15) is 13.2 Å². The first kappa shape index (κ1) is 14.8. The summed E-state index contributed by atoms with van der Waals surface area (Å²) in [6, 6.07) is 0. The van der Waals surface area contributed by atoms with Crippen LogP contribution in [0, 0.1) is 0 Å². The predicted octanol–water partition coefficient (Wildman–Crippen LogP) is -1.68. The van der Waals surface area contributed by atoms with Crippen molar-refractivity contribution >= 4 is 16.1 Å². The maximum Gasteiger partial charge on any atom is 0.332 e. The summed E-state index contributed by atoms with van der Waals surface area (Å²) in [6.45, 7) is 0.668. The average molecular weight is 216 g/mol. The van der Waals surface area contributed by atoms with Crippen LogP contribution in [0.1, 0.15) is 6.92 Å². The second-order valence-corrected chi connectivity index (χ2v) is 3.60. The molecule has 0 spiro atoms. The molecule has 1 unspecified atom stereocenters. The maximum atomic E-state index is 9.63. The van der Waals surface area contributed by atoms with Crippen LogP contribution < -0.4 is 0 Å². The van der Waals surface area contributed by atoms with Gasteiger partial charge in [-0.15, -0.1) is 0 Å². The van der Waals surface area contributed by atoms with Crippen LogP contribution in [0.2, 0.25) is 0 Å². The Hall–Kier alpha value is -0.700. The second-order valence-electron chi connectivity index (χ2n) is 2.02. The van der Waals surface area contributed by atoms with Crippen molar-refractivity contribution < 1.29 is 33.1 Å². The quantitative estimate of drug-likeness (QED) is 0.414. The molecule has 0 amide bonds. The standard InChI is InChI=1S/C3H6O3.C2H6O4S/c1-2(4)3(5)6;3-1-2-7(4,5)6/h2,4H,1H3,(H,5,6);3H,1-2H2,(H,4,5,6). The highest BCUT2D eigenvalue weighted by molar-refractivity contribution is 7.85. The topological polar surface area (TPSA) is 132 Å². The van der Waals surface area contributed by atoms with Crippen molar-refractivity contribution in [1.82, 2.24) is 0 Å². The molecule has 4 N–H and O–H groups in total. The molecule has 0 radical (unpaired) electrons. The van der Waals surface area contributed by atoms with Crippen molar-refractivity contribution in [3.05, 3.63) is 0 Å². The van der Waals surface area contributed by atoms with Crippen molar-refractivity contribution in [3.63, 3.8) is 0 Å². The summed E-state index contributed by atoms with van der Waals surface area (Å²) in [5.74, 6) is -1.76. The molecule has 7 nitrogen and oxygen atoms in total. The Kier molecular flexibility index (Phi) is 7.72. The molecule has 0 bridgehead atoms. The molecule has 0 heterocycles. The number of carbonyl (C=O) groups is 1. The molecule has 0 aliphatic heterocycles. The van der Waals surface area contributed by atoms with E-state index in [1.807, 2.05) is 0 Å². The van der Waals surface area contributed by atoms with E-state index in [4.69, 9.17) is 19.9 Å². The Morgan fingerprint density at radius 2 is 1.77 bits per heavy atom. The first-order valence-electron chi connectivity index (χ1n) is 3.17. The van der Waals surface area contributed by atoms with Crippen molar-refractivity contribution in [2.24, 2.45) is 0 Å². The van der Waals surface area contributed by atoms with Gasteiger partial charge in [-0.05, 0) is 6.92 Å². The summed E-state index contributed by atoms with van der Waals surface area (Å²) < 4.78 is 27.1. The molecule has 0 saturated heterocycles. The molecule has 0 aliphatic carbocycles. The third-order valence-corrected chi connectivity index (χ3v) is 1.41. The first-order valence-corrected chi connectivity index (χ1v) is 4.78. The second kappa shape index (κ2) is 6.78. The third-order valence-electron chi connectivity index (χ3n) is 0.707. The van der Waals surface area contributed by atoms with Gasteiger partial charge in [0.25, 0.3) is 10.1 Å². The molecule has 1 atom stereocenters. The normalized spacial score (nSPS) is 12.6. The molecular formula is C5H12O7S. The van der Waals surface area contributed by atoms with Crippen LogP contribution in [0.3, 0.4) is 0 Å². The summed E-state index contributed by atoms with van der Waals surface area (Å²) in [7, 11) is -3.92. The number of hydrogen-bond donors (Lipinski definition) is 4. The predicted molar refractivity (Wildman–Crippen MR) is 42.8 cm³/mol. The van der Waals surface area contributed by atoms with E-state index in [0.717, 1.165) is 0 Å². The van der Waals surface area contributed by atoms with Crippen LogP contribution in [-0.2, 0) is 14.9 Å². The molecule has 0 aromatic heterocycles.